The number of hydrogen-bond donors (Lipinski definition) is 1. The van der Waals surface area contributed by atoms with Crippen LogP contribution in [-0.4, -0.2) is 18.6 Å². The van der Waals surface area contributed by atoms with E-state index in [1.165, 1.54) is 5.56 Å². The van der Waals surface area contributed by atoms with E-state index in [1.807, 2.05) is 31.2 Å². The van der Waals surface area contributed by atoms with E-state index in [2.05, 4.69) is 10.3 Å². The Bertz CT molecular complexity index is 463. The van der Waals surface area contributed by atoms with Crippen LogP contribution in [0.1, 0.15) is 18.2 Å². The maximum Gasteiger partial charge on any atom is 0.294 e. The molecule has 0 saturated heterocycles. The Morgan fingerprint density at radius 1 is 1.29 bits per heavy atom. The first-order chi connectivity index (χ1) is 8.31. The van der Waals surface area contributed by atoms with Crippen molar-refractivity contribution in [1.82, 2.24) is 4.98 Å². The number of oxazole rings is 1. The Kier molecular flexibility index (Phi) is 3.65. The number of ether oxygens (including phenoxy) is 1. The lowest BCUT2D eigenvalue weighted by atomic mass is 10.1. The molecule has 0 spiro atoms. The highest BCUT2D eigenvalue weighted by molar-refractivity contribution is 5.30. The Hall–Kier alpha value is -1.97. The predicted octanol–water partition coefficient (Wildman–Crippen LogP) is 2.71. The molecule has 2 aromatic rings. The molecule has 0 saturated carbocycles. The molecule has 1 N–H and O–H groups in total. The summed E-state index contributed by atoms with van der Waals surface area (Å²) < 4.78 is 10.6. The van der Waals surface area contributed by atoms with Crippen molar-refractivity contribution in [2.75, 3.05) is 19.0 Å². The summed E-state index contributed by atoms with van der Waals surface area (Å²) in [5.74, 6) is 0.896. The van der Waals surface area contributed by atoms with Crippen LogP contribution in [0.2, 0.25) is 0 Å². The van der Waals surface area contributed by atoms with Crippen LogP contribution in [0.3, 0.4) is 0 Å². The molecule has 0 aliphatic rings. The highest BCUT2D eigenvalue weighted by Crippen LogP contribution is 2.16. The molecule has 0 fully saturated rings. The molecule has 0 aliphatic carbocycles. The summed E-state index contributed by atoms with van der Waals surface area (Å²) in [6, 6.07) is 8.57. The minimum absolute atomic E-state index is 0.547. The molecule has 4 nitrogen and oxygen atoms in total. The van der Waals surface area contributed by atoms with Gasteiger partial charge in [0.1, 0.15) is 12.0 Å². The van der Waals surface area contributed by atoms with Crippen molar-refractivity contribution < 1.29 is 9.15 Å². The summed E-state index contributed by atoms with van der Waals surface area (Å²) >= 11 is 0. The Balaban J connectivity index is 2.03. The van der Waals surface area contributed by atoms with Gasteiger partial charge in [-0.1, -0.05) is 12.1 Å². The summed E-state index contributed by atoms with van der Waals surface area (Å²) in [7, 11) is 1.78. The van der Waals surface area contributed by atoms with Gasteiger partial charge in [0, 0.05) is 13.5 Å². The van der Waals surface area contributed by atoms with Crippen molar-refractivity contribution >= 4 is 6.01 Å². The minimum Gasteiger partial charge on any atom is -0.494 e. The minimum atomic E-state index is 0.547. The van der Waals surface area contributed by atoms with Crippen LogP contribution in [0.4, 0.5) is 6.01 Å². The topological polar surface area (TPSA) is 47.3 Å². The molecule has 1 heterocycles. The SMILES string of the molecule is CCOc1ccc(Cc2coc(NC)n2)cc1. The molecule has 0 unspecified atom stereocenters. The molecule has 17 heavy (non-hydrogen) atoms. The lowest BCUT2D eigenvalue weighted by molar-refractivity contribution is 0.340. The fraction of sp³-hybridized carbons (Fsp3) is 0.308. The van der Waals surface area contributed by atoms with Crippen LogP contribution in [0.5, 0.6) is 5.75 Å². The average molecular weight is 232 g/mol. The molecule has 4 heteroatoms. The number of anilines is 1. The largest absolute Gasteiger partial charge is 0.494 e. The number of nitrogens with one attached hydrogen (secondary N) is 1. The number of aromatic nitrogens is 1. The summed E-state index contributed by atoms with van der Waals surface area (Å²) in [5, 5.41) is 2.86. The molecule has 0 bridgehead atoms. The third kappa shape index (κ3) is 3.00. The van der Waals surface area contributed by atoms with Crippen LogP contribution >= 0.6 is 0 Å². The van der Waals surface area contributed by atoms with Crippen molar-refractivity contribution in [3.63, 3.8) is 0 Å². The molecule has 0 radical (unpaired) electrons. The molecule has 1 aromatic carbocycles. The van der Waals surface area contributed by atoms with Crippen molar-refractivity contribution in [1.29, 1.82) is 0 Å². The average Bonchev–Trinajstić information content (AvgIpc) is 2.80. The quantitative estimate of drug-likeness (QED) is 0.861. The van der Waals surface area contributed by atoms with Crippen molar-refractivity contribution in [2.45, 2.75) is 13.3 Å². The van der Waals surface area contributed by atoms with Gasteiger partial charge in [-0.15, -0.1) is 0 Å². The Labute approximate surface area is 101 Å². The highest BCUT2D eigenvalue weighted by atomic mass is 16.5. The number of nitrogens with zero attached hydrogens (tertiary/aromatic N) is 1. The molecular weight excluding hydrogens is 216 g/mol. The van der Waals surface area contributed by atoms with Gasteiger partial charge >= 0.3 is 0 Å². The van der Waals surface area contributed by atoms with E-state index in [0.29, 0.717) is 12.6 Å². The maximum absolute atomic E-state index is 5.39. The first-order valence-corrected chi connectivity index (χ1v) is 5.65. The number of rotatable bonds is 5. The molecule has 0 aliphatic heterocycles. The van der Waals surface area contributed by atoms with Gasteiger partial charge in [-0.05, 0) is 24.6 Å². The van der Waals surface area contributed by atoms with E-state index in [9.17, 15) is 0 Å². The molecular formula is C13H16N2O2. The van der Waals surface area contributed by atoms with Gasteiger partial charge in [-0.3, -0.25) is 0 Å². The number of hydrogen-bond acceptors (Lipinski definition) is 4. The molecule has 0 atom stereocenters. The molecule has 0 amide bonds. The second-order valence-corrected chi connectivity index (χ2v) is 3.65. The second kappa shape index (κ2) is 5.39. The zero-order valence-electron chi connectivity index (χ0n) is 10.1. The number of benzene rings is 1. The van der Waals surface area contributed by atoms with Crippen molar-refractivity contribution in [3.05, 3.63) is 41.8 Å². The van der Waals surface area contributed by atoms with E-state index in [0.717, 1.165) is 17.9 Å². The van der Waals surface area contributed by atoms with Crippen LogP contribution in [0.15, 0.2) is 34.9 Å². The van der Waals surface area contributed by atoms with Gasteiger partial charge < -0.3 is 14.5 Å². The van der Waals surface area contributed by atoms with Gasteiger partial charge in [0.25, 0.3) is 6.01 Å². The maximum atomic E-state index is 5.39. The van der Waals surface area contributed by atoms with Crippen molar-refractivity contribution in [2.24, 2.45) is 0 Å². The van der Waals surface area contributed by atoms with Crippen LogP contribution in [-0.2, 0) is 6.42 Å². The Morgan fingerprint density at radius 3 is 2.65 bits per heavy atom. The van der Waals surface area contributed by atoms with E-state index in [4.69, 9.17) is 9.15 Å². The van der Waals surface area contributed by atoms with Crippen LogP contribution < -0.4 is 10.1 Å². The predicted molar refractivity (Wildman–Crippen MR) is 66.5 cm³/mol. The zero-order valence-corrected chi connectivity index (χ0v) is 10.1. The summed E-state index contributed by atoms with van der Waals surface area (Å²) in [6.07, 6.45) is 2.43. The standard InChI is InChI=1S/C13H16N2O2/c1-3-16-12-6-4-10(5-7-12)8-11-9-17-13(14-2)15-11/h4-7,9H,3,8H2,1-2H3,(H,14,15). The van der Waals surface area contributed by atoms with E-state index >= 15 is 0 Å². The summed E-state index contributed by atoms with van der Waals surface area (Å²) in [4.78, 5) is 4.27. The Morgan fingerprint density at radius 2 is 2.06 bits per heavy atom. The van der Waals surface area contributed by atoms with Crippen LogP contribution in [0, 0.1) is 0 Å². The first-order valence-electron chi connectivity index (χ1n) is 5.65. The van der Waals surface area contributed by atoms with Gasteiger partial charge in [0.15, 0.2) is 0 Å². The molecule has 2 rings (SSSR count). The van der Waals surface area contributed by atoms with Gasteiger partial charge in [0.2, 0.25) is 0 Å². The van der Waals surface area contributed by atoms with Crippen molar-refractivity contribution in [3.8, 4) is 5.75 Å². The van der Waals surface area contributed by atoms with E-state index < -0.39 is 0 Å². The lowest BCUT2D eigenvalue weighted by Crippen LogP contribution is -1.93. The fourth-order valence-corrected chi connectivity index (χ4v) is 1.58. The molecule has 90 valence electrons. The zero-order chi connectivity index (χ0) is 12.1. The van der Waals surface area contributed by atoms with Gasteiger partial charge in [-0.25, -0.2) is 0 Å². The normalized spacial score (nSPS) is 10.2. The monoisotopic (exact) mass is 232 g/mol. The van der Waals surface area contributed by atoms with E-state index in [-0.39, 0.29) is 0 Å². The molecule has 1 aromatic heterocycles. The first kappa shape index (κ1) is 11.5. The summed E-state index contributed by atoms with van der Waals surface area (Å²) in [6.45, 7) is 2.66. The highest BCUT2D eigenvalue weighted by Gasteiger charge is 2.03. The lowest BCUT2D eigenvalue weighted by Gasteiger charge is -2.03. The van der Waals surface area contributed by atoms with E-state index in [1.54, 1.807) is 13.3 Å². The van der Waals surface area contributed by atoms with Crippen LogP contribution in [0.25, 0.3) is 0 Å². The fourth-order valence-electron chi connectivity index (χ4n) is 1.58. The second-order valence-electron chi connectivity index (χ2n) is 3.65. The third-order valence-electron chi connectivity index (χ3n) is 2.39. The van der Waals surface area contributed by atoms with Gasteiger partial charge in [0.05, 0.1) is 12.3 Å². The van der Waals surface area contributed by atoms with Gasteiger partial charge in [-0.2, -0.15) is 4.98 Å². The summed E-state index contributed by atoms with van der Waals surface area (Å²) in [5.41, 5.74) is 2.10. The smallest absolute Gasteiger partial charge is 0.294 e. The third-order valence-corrected chi connectivity index (χ3v) is 2.39.